The first kappa shape index (κ1) is 20.4. The second kappa shape index (κ2) is 9.75. The number of nitrogens with one attached hydrogen (secondary N) is 2. The number of likely N-dealkylation sites (tertiary alicyclic amines) is 1. The van der Waals surface area contributed by atoms with Crippen LogP contribution < -0.4 is 15.5 Å². The van der Waals surface area contributed by atoms with Crippen molar-refractivity contribution in [1.29, 1.82) is 0 Å². The highest BCUT2D eigenvalue weighted by atomic mass is 16.5. The number of hydrogen-bond donors (Lipinski definition) is 2. The molecule has 8 nitrogen and oxygen atoms in total. The Labute approximate surface area is 177 Å². The molecule has 0 atom stereocenters. The van der Waals surface area contributed by atoms with Gasteiger partial charge in [0.2, 0.25) is 11.9 Å². The van der Waals surface area contributed by atoms with Crippen molar-refractivity contribution in [2.75, 3.05) is 61.5 Å². The Morgan fingerprint density at radius 2 is 1.93 bits per heavy atom. The van der Waals surface area contributed by atoms with Gasteiger partial charge in [0.1, 0.15) is 5.82 Å². The summed E-state index contributed by atoms with van der Waals surface area (Å²) in [5, 5.41) is 6.67. The quantitative estimate of drug-likeness (QED) is 0.648. The van der Waals surface area contributed by atoms with E-state index in [-0.39, 0.29) is 5.91 Å². The minimum atomic E-state index is 0.277. The van der Waals surface area contributed by atoms with E-state index >= 15 is 0 Å². The van der Waals surface area contributed by atoms with Crippen LogP contribution >= 0.6 is 0 Å². The van der Waals surface area contributed by atoms with Gasteiger partial charge in [0, 0.05) is 62.3 Å². The maximum Gasteiger partial charge on any atom is 0.229 e. The maximum absolute atomic E-state index is 11.7. The number of benzene rings is 1. The molecule has 160 valence electrons. The van der Waals surface area contributed by atoms with Gasteiger partial charge >= 0.3 is 0 Å². The molecule has 3 heterocycles. The largest absolute Gasteiger partial charge is 0.378 e. The number of ether oxygens (including phenoxy) is 1. The van der Waals surface area contributed by atoms with Crippen molar-refractivity contribution in [1.82, 2.24) is 14.9 Å². The lowest BCUT2D eigenvalue weighted by molar-refractivity contribution is -0.127. The van der Waals surface area contributed by atoms with Crippen LogP contribution in [0.5, 0.6) is 0 Å². The van der Waals surface area contributed by atoms with Crippen LogP contribution in [0.3, 0.4) is 0 Å². The smallest absolute Gasteiger partial charge is 0.229 e. The summed E-state index contributed by atoms with van der Waals surface area (Å²) in [4.78, 5) is 25.0. The zero-order valence-electron chi connectivity index (χ0n) is 17.6. The number of carbonyl (C=O) groups excluding carboxylic acids is 1. The average Bonchev–Trinajstić information content (AvgIpc) is 3.19. The van der Waals surface area contributed by atoms with Gasteiger partial charge in [-0.1, -0.05) is 0 Å². The molecule has 0 radical (unpaired) electrons. The highest BCUT2D eigenvalue weighted by Crippen LogP contribution is 2.22. The highest BCUT2D eigenvalue weighted by molar-refractivity contribution is 5.78. The lowest BCUT2D eigenvalue weighted by Gasteiger charge is -2.28. The summed E-state index contributed by atoms with van der Waals surface area (Å²) in [6.45, 7) is 7.87. The Morgan fingerprint density at radius 3 is 2.67 bits per heavy atom. The molecule has 2 fully saturated rings. The molecule has 1 amide bonds. The van der Waals surface area contributed by atoms with Crippen LogP contribution in [0.1, 0.15) is 24.8 Å². The number of rotatable bonds is 8. The van der Waals surface area contributed by atoms with Crippen molar-refractivity contribution in [3.8, 4) is 0 Å². The SMILES string of the molecule is Cc1cnc(Nc2ccc(N3CCOCC3)cc2)nc1NCCCN1CCCC1=O. The molecule has 0 aliphatic carbocycles. The second-order valence-electron chi connectivity index (χ2n) is 7.76. The number of morpholine rings is 1. The van der Waals surface area contributed by atoms with E-state index in [4.69, 9.17) is 4.74 Å². The zero-order chi connectivity index (χ0) is 20.8. The summed E-state index contributed by atoms with van der Waals surface area (Å²) in [5.41, 5.74) is 3.15. The number of aromatic nitrogens is 2. The molecule has 0 saturated carbocycles. The lowest BCUT2D eigenvalue weighted by Crippen LogP contribution is -2.36. The Bertz CT molecular complexity index is 851. The molecule has 2 aromatic rings. The van der Waals surface area contributed by atoms with Crippen LogP contribution in [-0.4, -0.2) is 66.7 Å². The molecule has 1 aromatic heterocycles. The van der Waals surface area contributed by atoms with E-state index in [0.29, 0.717) is 12.4 Å². The van der Waals surface area contributed by atoms with Gasteiger partial charge in [-0.15, -0.1) is 0 Å². The molecule has 1 aromatic carbocycles. The van der Waals surface area contributed by atoms with Crippen molar-refractivity contribution in [2.45, 2.75) is 26.2 Å². The number of amides is 1. The van der Waals surface area contributed by atoms with Crippen LogP contribution in [0.15, 0.2) is 30.5 Å². The zero-order valence-corrected chi connectivity index (χ0v) is 17.6. The van der Waals surface area contributed by atoms with E-state index in [9.17, 15) is 4.79 Å². The molecule has 2 aliphatic rings. The van der Waals surface area contributed by atoms with Crippen molar-refractivity contribution >= 4 is 29.0 Å². The van der Waals surface area contributed by atoms with Gasteiger partial charge < -0.3 is 25.2 Å². The fourth-order valence-electron chi connectivity index (χ4n) is 3.80. The Balaban J connectivity index is 1.30. The first-order chi connectivity index (χ1) is 14.7. The second-order valence-corrected chi connectivity index (χ2v) is 7.76. The molecule has 0 spiro atoms. The van der Waals surface area contributed by atoms with E-state index in [2.05, 4.69) is 37.6 Å². The molecule has 2 aliphatic heterocycles. The maximum atomic E-state index is 11.7. The third-order valence-corrected chi connectivity index (χ3v) is 5.54. The van der Waals surface area contributed by atoms with Crippen LogP contribution in [0.4, 0.5) is 23.1 Å². The highest BCUT2D eigenvalue weighted by Gasteiger charge is 2.19. The first-order valence-corrected chi connectivity index (χ1v) is 10.7. The van der Waals surface area contributed by atoms with E-state index < -0.39 is 0 Å². The van der Waals surface area contributed by atoms with Crippen molar-refractivity contribution < 1.29 is 9.53 Å². The predicted molar refractivity (Wildman–Crippen MR) is 118 cm³/mol. The van der Waals surface area contributed by atoms with Gasteiger partial charge in [-0.2, -0.15) is 4.98 Å². The molecule has 0 bridgehead atoms. The van der Waals surface area contributed by atoms with Gasteiger partial charge in [0.25, 0.3) is 0 Å². The Kier molecular flexibility index (Phi) is 6.63. The van der Waals surface area contributed by atoms with Crippen LogP contribution in [0.25, 0.3) is 0 Å². The van der Waals surface area contributed by atoms with Crippen LogP contribution in [-0.2, 0) is 9.53 Å². The summed E-state index contributed by atoms with van der Waals surface area (Å²) in [6, 6.07) is 8.32. The fourth-order valence-corrected chi connectivity index (χ4v) is 3.80. The first-order valence-electron chi connectivity index (χ1n) is 10.7. The van der Waals surface area contributed by atoms with Crippen molar-refractivity contribution in [2.24, 2.45) is 0 Å². The lowest BCUT2D eigenvalue weighted by atomic mass is 10.2. The number of nitrogens with zero attached hydrogens (tertiary/aromatic N) is 4. The summed E-state index contributed by atoms with van der Waals surface area (Å²) in [6.07, 6.45) is 4.41. The minimum absolute atomic E-state index is 0.277. The van der Waals surface area contributed by atoms with Crippen LogP contribution in [0, 0.1) is 6.92 Å². The van der Waals surface area contributed by atoms with E-state index in [0.717, 1.165) is 75.8 Å². The summed E-state index contributed by atoms with van der Waals surface area (Å²) in [7, 11) is 0. The molecule has 2 N–H and O–H groups in total. The summed E-state index contributed by atoms with van der Waals surface area (Å²) in [5.74, 6) is 1.67. The number of hydrogen-bond acceptors (Lipinski definition) is 7. The van der Waals surface area contributed by atoms with Gasteiger partial charge in [-0.25, -0.2) is 4.98 Å². The monoisotopic (exact) mass is 410 g/mol. The van der Waals surface area contributed by atoms with E-state index in [1.54, 1.807) is 0 Å². The summed E-state index contributed by atoms with van der Waals surface area (Å²) >= 11 is 0. The molecular formula is C22H30N6O2. The average molecular weight is 411 g/mol. The topological polar surface area (TPSA) is 82.6 Å². The molecule has 30 heavy (non-hydrogen) atoms. The normalized spacial score (nSPS) is 16.8. The molecule has 4 rings (SSSR count). The third-order valence-electron chi connectivity index (χ3n) is 5.54. The van der Waals surface area contributed by atoms with Crippen molar-refractivity contribution in [3.05, 3.63) is 36.0 Å². The number of anilines is 4. The minimum Gasteiger partial charge on any atom is -0.378 e. The van der Waals surface area contributed by atoms with E-state index in [1.165, 1.54) is 5.69 Å². The summed E-state index contributed by atoms with van der Waals surface area (Å²) < 4.78 is 5.42. The molecule has 0 unspecified atom stereocenters. The van der Waals surface area contributed by atoms with Crippen LogP contribution in [0.2, 0.25) is 0 Å². The van der Waals surface area contributed by atoms with Gasteiger partial charge in [-0.3, -0.25) is 4.79 Å². The molecular weight excluding hydrogens is 380 g/mol. The van der Waals surface area contributed by atoms with Crippen molar-refractivity contribution in [3.63, 3.8) is 0 Å². The Hall–Kier alpha value is -2.87. The van der Waals surface area contributed by atoms with Gasteiger partial charge in [0.05, 0.1) is 13.2 Å². The van der Waals surface area contributed by atoms with Gasteiger partial charge in [-0.05, 0) is 44.0 Å². The standard InChI is InChI=1S/C22H30N6O2/c1-17-16-24-22(26-21(17)23-9-3-11-28-10-2-4-20(28)29)25-18-5-7-19(8-6-18)27-12-14-30-15-13-27/h5-8,16H,2-4,9-15H2,1H3,(H2,23,24,25,26). The van der Waals surface area contributed by atoms with Gasteiger partial charge in [0.15, 0.2) is 0 Å². The van der Waals surface area contributed by atoms with E-state index in [1.807, 2.05) is 30.2 Å². The third kappa shape index (κ3) is 5.18. The predicted octanol–water partition coefficient (Wildman–Crippen LogP) is 2.79. The Morgan fingerprint density at radius 1 is 1.13 bits per heavy atom. The molecule has 2 saturated heterocycles. The number of aryl methyl sites for hydroxylation is 1. The molecule has 8 heteroatoms. The number of carbonyl (C=O) groups is 1. The fraction of sp³-hybridized carbons (Fsp3) is 0.500.